The summed E-state index contributed by atoms with van der Waals surface area (Å²) in [5, 5.41) is 0. The molecule has 0 heterocycles. The summed E-state index contributed by atoms with van der Waals surface area (Å²) in [6.07, 6.45) is 72.9. The van der Waals surface area contributed by atoms with Gasteiger partial charge >= 0.3 is 17.9 Å². The van der Waals surface area contributed by atoms with Crippen molar-refractivity contribution in [3.8, 4) is 0 Å². The minimum absolute atomic E-state index is 0.0714. The fourth-order valence-electron chi connectivity index (χ4n) is 9.35. The number of ether oxygens (including phenoxy) is 3. The van der Waals surface area contributed by atoms with E-state index in [1.54, 1.807) is 0 Å². The third kappa shape index (κ3) is 58.4. The van der Waals surface area contributed by atoms with E-state index in [1.165, 1.54) is 231 Å². The minimum atomic E-state index is -0.774. The van der Waals surface area contributed by atoms with Crippen molar-refractivity contribution in [2.24, 2.45) is 0 Å². The van der Waals surface area contributed by atoms with E-state index in [-0.39, 0.29) is 31.1 Å². The van der Waals surface area contributed by atoms with Crippen LogP contribution in [0.3, 0.4) is 0 Å². The summed E-state index contributed by atoms with van der Waals surface area (Å²) >= 11 is 0. The first kappa shape index (κ1) is 68.6. The fourth-order valence-corrected chi connectivity index (χ4v) is 9.35. The molecule has 6 heteroatoms. The average molecular weight is 998 g/mol. The maximum atomic E-state index is 12.9. The van der Waals surface area contributed by atoms with Crippen LogP contribution in [0, 0.1) is 0 Å². The van der Waals surface area contributed by atoms with Crippen molar-refractivity contribution < 1.29 is 28.6 Å². The van der Waals surface area contributed by atoms with Crippen LogP contribution in [0.2, 0.25) is 0 Å². The van der Waals surface area contributed by atoms with E-state index in [4.69, 9.17) is 14.2 Å². The molecule has 0 aromatic rings. The maximum absolute atomic E-state index is 12.9. The molecule has 1 atom stereocenters. The van der Waals surface area contributed by atoms with Crippen molar-refractivity contribution in [2.45, 2.75) is 348 Å². The minimum Gasteiger partial charge on any atom is -0.462 e. The number of hydrogen-bond acceptors (Lipinski definition) is 6. The normalized spacial score (nSPS) is 12.2. The Kier molecular flexibility index (Phi) is 58.2. The van der Waals surface area contributed by atoms with Gasteiger partial charge in [0.05, 0.1) is 0 Å². The van der Waals surface area contributed by atoms with Crippen molar-refractivity contribution in [1.82, 2.24) is 0 Å². The summed E-state index contributed by atoms with van der Waals surface area (Å²) in [7, 11) is 0. The molecule has 416 valence electrons. The van der Waals surface area contributed by atoms with E-state index in [1.807, 2.05) is 0 Å². The SMILES string of the molecule is CCCCC/C=C\C/C=C\CCCCCCCCCC(=O)OC(COC(=O)CCCCCCCCCCCCC/C=C\CCCCCCCCCC)COC(=O)CCCCCCCCCCCCCCC. The van der Waals surface area contributed by atoms with Crippen LogP contribution >= 0.6 is 0 Å². The molecule has 0 N–H and O–H groups in total. The molecule has 0 aliphatic heterocycles. The molecular formula is C65H120O6. The second-order valence-electron chi connectivity index (χ2n) is 21.3. The molecule has 0 aliphatic rings. The quantitative estimate of drug-likeness (QED) is 0.0261. The largest absolute Gasteiger partial charge is 0.462 e. The van der Waals surface area contributed by atoms with Crippen LogP contribution in [0.5, 0.6) is 0 Å². The predicted octanol–water partition coefficient (Wildman–Crippen LogP) is 21.2. The number of rotatable bonds is 58. The molecule has 6 nitrogen and oxygen atoms in total. The van der Waals surface area contributed by atoms with Gasteiger partial charge in [0, 0.05) is 19.3 Å². The lowest BCUT2D eigenvalue weighted by molar-refractivity contribution is -0.167. The third-order valence-corrected chi connectivity index (χ3v) is 14.1. The first-order valence-corrected chi connectivity index (χ1v) is 31.5. The number of carbonyl (C=O) groups is 3. The molecule has 0 aliphatic carbocycles. The van der Waals surface area contributed by atoms with Crippen LogP contribution < -0.4 is 0 Å². The summed E-state index contributed by atoms with van der Waals surface area (Å²) in [6, 6.07) is 0. The predicted molar refractivity (Wildman–Crippen MR) is 307 cm³/mol. The molecule has 0 aromatic heterocycles. The van der Waals surface area contributed by atoms with E-state index in [0.29, 0.717) is 19.3 Å². The molecule has 1 unspecified atom stereocenters. The van der Waals surface area contributed by atoms with Crippen LogP contribution in [0.4, 0.5) is 0 Å². The number of hydrogen-bond donors (Lipinski definition) is 0. The summed E-state index contributed by atoms with van der Waals surface area (Å²) < 4.78 is 16.9. The molecule has 0 rings (SSSR count). The molecule has 0 spiro atoms. The van der Waals surface area contributed by atoms with E-state index < -0.39 is 6.10 Å². The zero-order chi connectivity index (χ0) is 51.4. The van der Waals surface area contributed by atoms with E-state index in [0.717, 1.165) is 70.6 Å². The maximum Gasteiger partial charge on any atom is 0.306 e. The van der Waals surface area contributed by atoms with Gasteiger partial charge in [-0.2, -0.15) is 0 Å². The zero-order valence-corrected chi connectivity index (χ0v) is 47.8. The van der Waals surface area contributed by atoms with Gasteiger partial charge in [0.1, 0.15) is 13.2 Å². The van der Waals surface area contributed by atoms with Gasteiger partial charge in [-0.1, -0.05) is 282 Å². The van der Waals surface area contributed by atoms with Gasteiger partial charge in [-0.3, -0.25) is 14.4 Å². The van der Waals surface area contributed by atoms with Gasteiger partial charge in [-0.15, -0.1) is 0 Å². The molecule has 0 radical (unpaired) electrons. The van der Waals surface area contributed by atoms with Gasteiger partial charge in [0.15, 0.2) is 6.10 Å². The Labute approximate surface area is 442 Å². The molecule has 0 bridgehead atoms. The number of esters is 3. The Morgan fingerprint density at radius 1 is 0.282 bits per heavy atom. The van der Waals surface area contributed by atoms with Crippen molar-refractivity contribution >= 4 is 17.9 Å². The Bertz CT molecular complexity index is 1190. The van der Waals surface area contributed by atoms with Crippen molar-refractivity contribution in [3.63, 3.8) is 0 Å². The highest BCUT2D eigenvalue weighted by Gasteiger charge is 2.19. The Hall–Kier alpha value is -2.37. The van der Waals surface area contributed by atoms with E-state index in [2.05, 4.69) is 57.2 Å². The van der Waals surface area contributed by atoms with Gasteiger partial charge in [0.25, 0.3) is 0 Å². The number of carbonyl (C=O) groups excluding carboxylic acids is 3. The molecule has 0 fully saturated rings. The second-order valence-corrected chi connectivity index (χ2v) is 21.3. The van der Waals surface area contributed by atoms with Crippen molar-refractivity contribution in [3.05, 3.63) is 36.5 Å². The Morgan fingerprint density at radius 2 is 0.507 bits per heavy atom. The summed E-state index contributed by atoms with van der Waals surface area (Å²) in [4.78, 5) is 38.2. The zero-order valence-electron chi connectivity index (χ0n) is 47.8. The third-order valence-electron chi connectivity index (χ3n) is 14.1. The summed E-state index contributed by atoms with van der Waals surface area (Å²) in [5.41, 5.74) is 0. The molecule has 71 heavy (non-hydrogen) atoms. The topological polar surface area (TPSA) is 78.9 Å². The smallest absolute Gasteiger partial charge is 0.306 e. The Morgan fingerprint density at radius 3 is 0.817 bits per heavy atom. The standard InChI is InChI=1S/C65H120O6/c1-4-7-10-13-16-19-22-25-27-29-30-31-32-33-34-36-37-40-43-46-49-52-55-58-64(67)70-61-62(60-69-63(66)57-54-51-48-45-42-39-24-21-18-15-12-9-6-3)71-65(68)59-56-53-50-47-44-41-38-35-28-26-23-20-17-14-11-8-5-2/h17,20,26,28-30,62H,4-16,18-19,21-25,27,31-61H2,1-3H3/b20-17-,28-26-,30-29-. The van der Waals surface area contributed by atoms with Gasteiger partial charge in [-0.25, -0.2) is 0 Å². The van der Waals surface area contributed by atoms with Crippen LogP contribution in [-0.4, -0.2) is 37.2 Å². The van der Waals surface area contributed by atoms with Crippen LogP contribution in [-0.2, 0) is 28.6 Å². The van der Waals surface area contributed by atoms with Crippen LogP contribution in [0.15, 0.2) is 36.5 Å². The van der Waals surface area contributed by atoms with Gasteiger partial charge in [0.2, 0.25) is 0 Å². The molecular weight excluding hydrogens is 877 g/mol. The lowest BCUT2D eigenvalue weighted by Crippen LogP contribution is -2.30. The molecule has 0 saturated carbocycles. The van der Waals surface area contributed by atoms with Crippen molar-refractivity contribution in [2.75, 3.05) is 13.2 Å². The van der Waals surface area contributed by atoms with E-state index in [9.17, 15) is 14.4 Å². The second kappa shape index (κ2) is 60.2. The van der Waals surface area contributed by atoms with Gasteiger partial charge < -0.3 is 14.2 Å². The van der Waals surface area contributed by atoms with Crippen LogP contribution in [0.1, 0.15) is 342 Å². The molecule has 0 amide bonds. The van der Waals surface area contributed by atoms with E-state index >= 15 is 0 Å². The summed E-state index contributed by atoms with van der Waals surface area (Å²) in [5.74, 6) is -0.859. The molecule has 0 aromatic carbocycles. The first-order chi connectivity index (χ1) is 35.0. The van der Waals surface area contributed by atoms with Crippen LogP contribution in [0.25, 0.3) is 0 Å². The monoisotopic (exact) mass is 997 g/mol. The first-order valence-electron chi connectivity index (χ1n) is 31.5. The number of unbranched alkanes of at least 4 members (excludes halogenated alkanes) is 41. The summed E-state index contributed by atoms with van der Waals surface area (Å²) in [6.45, 7) is 6.66. The Balaban J connectivity index is 4.28. The van der Waals surface area contributed by atoms with Gasteiger partial charge in [-0.05, 0) is 77.0 Å². The highest BCUT2D eigenvalue weighted by Crippen LogP contribution is 2.17. The van der Waals surface area contributed by atoms with Crippen molar-refractivity contribution in [1.29, 1.82) is 0 Å². The molecule has 0 saturated heterocycles. The highest BCUT2D eigenvalue weighted by molar-refractivity contribution is 5.71. The highest BCUT2D eigenvalue weighted by atomic mass is 16.6. The average Bonchev–Trinajstić information content (AvgIpc) is 3.37. The fraction of sp³-hybridized carbons (Fsp3) is 0.862. The number of allylic oxidation sites excluding steroid dienone is 6. The lowest BCUT2D eigenvalue weighted by Gasteiger charge is -2.18. The lowest BCUT2D eigenvalue weighted by atomic mass is 10.0.